The van der Waals surface area contributed by atoms with Crippen LogP contribution >= 0.6 is 0 Å². The quantitative estimate of drug-likeness (QED) is 0.542. The molecule has 1 aliphatic rings. The number of aliphatic carboxylic acids is 1. The number of pyridine rings is 2. The minimum absolute atomic E-state index is 0.146. The van der Waals surface area contributed by atoms with Crippen LogP contribution < -0.4 is 9.62 Å². The van der Waals surface area contributed by atoms with Gasteiger partial charge in [0.1, 0.15) is 11.6 Å². The van der Waals surface area contributed by atoms with Crippen molar-refractivity contribution in [1.29, 1.82) is 0 Å². The molecule has 0 radical (unpaired) electrons. The molecule has 0 aliphatic carbocycles. The van der Waals surface area contributed by atoms with Gasteiger partial charge >= 0.3 is 5.97 Å². The van der Waals surface area contributed by atoms with Crippen LogP contribution in [0.2, 0.25) is 0 Å². The molecule has 3 heterocycles. The fourth-order valence-corrected chi connectivity index (χ4v) is 5.19. The van der Waals surface area contributed by atoms with Crippen molar-refractivity contribution >= 4 is 27.6 Å². The number of benzene rings is 1. The van der Waals surface area contributed by atoms with Crippen LogP contribution in [0.25, 0.3) is 11.3 Å². The Bertz CT molecular complexity index is 1340. The standard InChI is InChI=1S/C25H28N4O4S/c1-17-8-4-5-9-19(17)23-18(2)12-13-20(26-23)28-34(32,33)22-11-6-10-21(27-22)29-15-7-14-25(3,16-29)24(30)31/h4-6,8-13H,7,14-16H2,1-3H3,(H,26,28)(H,30,31). The highest BCUT2D eigenvalue weighted by Gasteiger charge is 2.38. The van der Waals surface area contributed by atoms with Crippen LogP contribution in [0.5, 0.6) is 0 Å². The predicted molar refractivity (Wildman–Crippen MR) is 131 cm³/mol. The Morgan fingerprint density at radius 2 is 1.79 bits per heavy atom. The van der Waals surface area contributed by atoms with Gasteiger partial charge in [0.2, 0.25) is 0 Å². The Morgan fingerprint density at radius 3 is 2.53 bits per heavy atom. The highest BCUT2D eigenvalue weighted by molar-refractivity contribution is 7.92. The molecule has 0 bridgehead atoms. The molecule has 1 fully saturated rings. The smallest absolute Gasteiger partial charge is 0.311 e. The van der Waals surface area contributed by atoms with Crippen molar-refractivity contribution in [3.8, 4) is 11.3 Å². The Kier molecular flexibility index (Phi) is 6.31. The number of hydrogen-bond acceptors (Lipinski definition) is 6. The Labute approximate surface area is 199 Å². The number of nitrogens with zero attached hydrogens (tertiary/aromatic N) is 3. The molecule has 1 unspecified atom stereocenters. The summed E-state index contributed by atoms with van der Waals surface area (Å²) in [6.07, 6.45) is 1.26. The Morgan fingerprint density at radius 1 is 1.03 bits per heavy atom. The number of hydrogen-bond donors (Lipinski definition) is 2. The van der Waals surface area contributed by atoms with Gasteiger partial charge < -0.3 is 10.0 Å². The molecule has 34 heavy (non-hydrogen) atoms. The van der Waals surface area contributed by atoms with E-state index in [0.29, 0.717) is 30.9 Å². The normalized spacial score (nSPS) is 18.5. The van der Waals surface area contributed by atoms with E-state index in [2.05, 4.69) is 14.7 Å². The molecule has 1 saturated heterocycles. The average molecular weight is 481 g/mol. The molecule has 3 aromatic rings. The molecule has 9 heteroatoms. The third kappa shape index (κ3) is 4.75. The number of aryl methyl sites for hydroxylation is 2. The minimum Gasteiger partial charge on any atom is -0.481 e. The lowest BCUT2D eigenvalue weighted by Gasteiger charge is -2.38. The zero-order chi connectivity index (χ0) is 24.5. The zero-order valence-electron chi connectivity index (χ0n) is 19.4. The van der Waals surface area contributed by atoms with Crippen LogP contribution in [-0.4, -0.2) is 42.6 Å². The van der Waals surface area contributed by atoms with E-state index < -0.39 is 21.4 Å². The lowest BCUT2D eigenvalue weighted by molar-refractivity contribution is -0.148. The Balaban J connectivity index is 1.61. The van der Waals surface area contributed by atoms with Gasteiger partial charge in [-0.1, -0.05) is 36.4 Å². The number of nitrogens with one attached hydrogen (secondary N) is 1. The van der Waals surface area contributed by atoms with E-state index in [9.17, 15) is 18.3 Å². The first-order chi connectivity index (χ1) is 16.1. The van der Waals surface area contributed by atoms with Gasteiger partial charge in [0, 0.05) is 18.7 Å². The number of aromatic nitrogens is 2. The van der Waals surface area contributed by atoms with Gasteiger partial charge in [0.05, 0.1) is 11.1 Å². The van der Waals surface area contributed by atoms with Crippen molar-refractivity contribution in [3.63, 3.8) is 0 Å². The van der Waals surface area contributed by atoms with Crippen LogP contribution in [0.4, 0.5) is 11.6 Å². The maximum atomic E-state index is 13.1. The topological polar surface area (TPSA) is 112 Å². The summed E-state index contributed by atoms with van der Waals surface area (Å²) in [7, 11) is -4.01. The number of rotatable bonds is 6. The first kappa shape index (κ1) is 23.7. The van der Waals surface area contributed by atoms with Crippen LogP contribution in [0, 0.1) is 19.3 Å². The number of anilines is 2. The third-order valence-corrected chi connectivity index (χ3v) is 7.51. The summed E-state index contributed by atoms with van der Waals surface area (Å²) in [5.41, 5.74) is 2.73. The largest absolute Gasteiger partial charge is 0.481 e. The maximum absolute atomic E-state index is 13.1. The van der Waals surface area contributed by atoms with E-state index in [1.165, 1.54) is 6.07 Å². The summed E-state index contributed by atoms with van der Waals surface area (Å²) in [5.74, 6) is -0.224. The molecule has 4 rings (SSSR count). The fourth-order valence-electron chi connectivity index (χ4n) is 4.23. The van der Waals surface area contributed by atoms with Crippen molar-refractivity contribution in [2.24, 2.45) is 5.41 Å². The van der Waals surface area contributed by atoms with E-state index in [4.69, 9.17) is 0 Å². The number of carboxylic acids is 1. The van der Waals surface area contributed by atoms with Gasteiger partial charge in [-0.15, -0.1) is 0 Å². The van der Waals surface area contributed by atoms with Crippen molar-refractivity contribution < 1.29 is 18.3 Å². The van der Waals surface area contributed by atoms with Gasteiger partial charge in [-0.05, 0) is 62.9 Å². The average Bonchev–Trinajstić information content (AvgIpc) is 2.81. The van der Waals surface area contributed by atoms with Crippen molar-refractivity contribution in [3.05, 3.63) is 65.7 Å². The fraction of sp³-hybridized carbons (Fsp3) is 0.320. The zero-order valence-corrected chi connectivity index (χ0v) is 20.3. The van der Waals surface area contributed by atoms with Crippen LogP contribution in [0.3, 0.4) is 0 Å². The molecule has 8 nitrogen and oxygen atoms in total. The first-order valence-corrected chi connectivity index (χ1v) is 12.6. The van der Waals surface area contributed by atoms with Crippen LogP contribution in [0.15, 0.2) is 59.6 Å². The van der Waals surface area contributed by atoms with Crippen molar-refractivity contribution in [1.82, 2.24) is 9.97 Å². The summed E-state index contributed by atoms with van der Waals surface area (Å²) < 4.78 is 28.8. The maximum Gasteiger partial charge on any atom is 0.311 e. The summed E-state index contributed by atoms with van der Waals surface area (Å²) >= 11 is 0. The lowest BCUT2D eigenvalue weighted by Crippen LogP contribution is -2.46. The van der Waals surface area contributed by atoms with E-state index in [-0.39, 0.29) is 17.4 Å². The number of carbonyl (C=O) groups is 1. The van der Waals surface area contributed by atoms with Gasteiger partial charge in [-0.3, -0.25) is 9.52 Å². The van der Waals surface area contributed by atoms with Gasteiger partial charge in [-0.25, -0.2) is 9.97 Å². The van der Waals surface area contributed by atoms with Crippen LogP contribution in [-0.2, 0) is 14.8 Å². The minimum atomic E-state index is -4.01. The Hall–Kier alpha value is -3.46. The molecule has 1 aromatic carbocycles. The van der Waals surface area contributed by atoms with E-state index in [1.807, 2.05) is 49.1 Å². The summed E-state index contributed by atoms with van der Waals surface area (Å²) in [5, 5.41) is 9.45. The van der Waals surface area contributed by atoms with Crippen molar-refractivity contribution in [2.75, 3.05) is 22.7 Å². The van der Waals surface area contributed by atoms with Gasteiger partial charge in [0.25, 0.3) is 10.0 Å². The molecule has 1 aliphatic heterocycles. The second-order valence-corrected chi connectivity index (χ2v) is 10.6. The molecular formula is C25H28N4O4S. The van der Waals surface area contributed by atoms with Gasteiger partial charge in [-0.2, -0.15) is 8.42 Å². The molecular weight excluding hydrogens is 452 g/mol. The summed E-state index contributed by atoms with van der Waals surface area (Å²) in [6.45, 7) is 6.51. The first-order valence-electron chi connectivity index (χ1n) is 11.1. The lowest BCUT2D eigenvalue weighted by atomic mass is 9.82. The van der Waals surface area contributed by atoms with E-state index in [1.54, 1.807) is 25.1 Å². The number of carboxylic acid groups (broad SMARTS) is 1. The third-order valence-electron chi connectivity index (χ3n) is 6.26. The van der Waals surface area contributed by atoms with Crippen LogP contribution in [0.1, 0.15) is 30.9 Å². The molecule has 2 N–H and O–H groups in total. The number of piperidine rings is 1. The summed E-state index contributed by atoms with van der Waals surface area (Å²) in [4.78, 5) is 22.5. The van der Waals surface area contributed by atoms with Gasteiger partial charge in [0.15, 0.2) is 5.03 Å². The molecule has 0 spiro atoms. The second kappa shape index (κ2) is 9.06. The SMILES string of the molecule is Cc1ccccc1-c1nc(NS(=O)(=O)c2cccc(N3CCCC(C)(C(=O)O)C3)n2)ccc1C. The molecule has 2 aromatic heterocycles. The molecule has 1 atom stereocenters. The second-order valence-electron chi connectivity index (χ2n) is 9.01. The summed E-state index contributed by atoms with van der Waals surface area (Å²) in [6, 6.07) is 16.0. The van der Waals surface area contributed by atoms with E-state index >= 15 is 0 Å². The highest BCUT2D eigenvalue weighted by Crippen LogP contribution is 2.32. The highest BCUT2D eigenvalue weighted by atomic mass is 32.2. The van der Waals surface area contributed by atoms with Crippen molar-refractivity contribution in [2.45, 2.75) is 38.6 Å². The molecule has 0 saturated carbocycles. The monoisotopic (exact) mass is 480 g/mol. The molecule has 178 valence electrons. The van der Waals surface area contributed by atoms with E-state index in [0.717, 1.165) is 16.7 Å². The molecule has 0 amide bonds. The predicted octanol–water partition coefficient (Wildman–Crippen LogP) is 4.25. The number of sulfonamides is 1.